The van der Waals surface area contributed by atoms with Crippen LogP contribution in [0.1, 0.15) is 13.3 Å². The van der Waals surface area contributed by atoms with Crippen LogP contribution in [0.2, 0.25) is 0 Å². The monoisotopic (exact) mass is 304 g/mol. The number of rotatable bonds is 6. The van der Waals surface area contributed by atoms with Gasteiger partial charge in [-0.05, 0) is 18.6 Å². The fraction of sp³-hybridized carbons (Fsp3) is 0.588. The Hall–Kier alpha value is -1.59. The van der Waals surface area contributed by atoms with Crippen LogP contribution in [-0.4, -0.2) is 68.1 Å². The molecular weight excluding hydrogens is 276 g/mol. The minimum absolute atomic E-state index is 0.0467. The molecule has 2 rings (SSSR count). The SMILES string of the molecule is CC[C@H](N)C(=O)N(C)CCN1CCN(c2ccccc2)CC1. The average Bonchev–Trinajstić information content (AvgIpc) is 2.59. The number of carbonyl (C=O) groups excluding carboxylic acids is 1. The molecule has 0 bridgehead atoms. The Bertz CT molecular complexity index is 457. The molecule has 0 radical (unpaired) electrons. The van der Waals surface area contributed by atoms with Gasteiger partial charge in [-0.25, -0.2) is 0 Å². The molecule has 0 saturated carbocycles. The van der Waals surface area contributed by atoms with Crippen molar-refractivity contribution in [2.45, 2.75) is 19.4 Å². The molecule has 5 nitrogen and oxygen atoms in total. The lowest BCUT2D eigenvalue weighted by atomic mass is 10.2. The van der Waals surface area contributed by atoms with Gasteiger partial charge in [-0.1, -0.05) is 25.1 Å². The normalized spacial score (nSPS) is 17.3. The standard InChI is InChI=1S/C17H28N4O/c1-3-16(18)17(22)19(2)9-10-20-11-13-21(14-12-20)15-7-5-4-6-8-15/h4-8,16H,3,9-14,18H2,1-2H3/t16-/m0/s1. The van der Waals surface area contributed by atoms with E-state index in [4.69, 9.17) is 5.73 Å². The van der Waals surface area contributed by atoms with E-state index in [0.29, 0.717) is 6.42 Å². The molecule has 0 unspecified atom stereocenters. The van der Waals surface area contributed by atoms with Crippen LogP contribution in [0, 0.1) is 0 Å². The van der Waals surface area contributed by atoms with Crippen LogP contribution in [0.4, 0.5) is 5.69 Å². The van der Waals surface area contributed by atoms with Crippen molar-refractivity contribution >= 4 is 11.6 Å². The van der Waals surface area contributed by atoms with Crippen molar-refractivity contribution in [1.82, 2.24) is 9.80 Å². The number of likely N-dealkylation sites (N-methyl/N-ethyl adjacent to an activating group) is 1. The van der Waals surface area contributed by atoms with E-state index in [1.165, 1.54) is 5.69 Å². The first-order chi connectivity index (χ1) is 10.6. The molecule has 1 heterocycles. The summed E-state index contributed by atoms with van der Waals surface area (Å²) in [4.78, 5) is 18.6. The molecule has 0 aliphatic carbocycles. The summed E-state index contributed by atoms with van der Waals surface area (Å²) >= 11 is 0. The van der Waals surface area contributed by atoms with Gasteiger partial charge in [-0.15, -0.1) is 0 Å². The van der Waals surface area contributed by atoms with Crippen molar-refractivity contribution in [2.24, 2.45) is 5.73 Å². The number of anilines is 1. The summed E-state index contributed by atoms with van der Waals surface area (Å²) in [6.45, 7) is 7.76. The van der Waals surface area contributed by atoms with Crippen LogP contribution in [0.25, 0.3) is 0 Å². The Morgan fingerprint density at radius 2 is 1.86 bits per heavy atom. The highest BCUT2D eigenvalue weighted by molar-refractivity contribution is 5.81. The zero-order chi connectivity index (χ0) is 15.9. The number of piperazine rings is 1. The number of nitrogens with two attached hydrogens (primary N) is 1. The number of nitrogens with zero attached hydrogens (tertiary/aromatic N) is 3. The topological polar surface area (TPSA) is 52.8 Å². The van der Waals surface area contributed by atoms with Crippen LogP contribution in [0.3, 0.4) is 0 Å². The summed E-state index contributed by atoms with van der Waals surface area (Å²) in [6.07, 6.45) is 0.693. The lowest BCUT2D eigenvalue weighted by Crippen LogP contribution is -2.50. The van der Waals surface area contributed by atoms with Crippen LogP contribution >= 0.6 is 0 Å². The highest BCUT2D eigenvalue weighted by Crippen LogP contribution is 2.15. The number of benzene rings is 1. The first-order valence-corrected chi connectivity index (χ1v) is 8.14. The third-order valence-corrected chi connectivity index (χ3v) is 4.38. The van der Waals surface area contributed by atoms with E-state index in [2.05, 4.69) is 34.1 Å². The van der Waals surface area contributed by atoms with Gasteiger partial charge in [0, 0.05) is 52.0 Å². The minimum atomic E-state index is -0.361. The predicted octanol–water partition coefficient (Wildman–Crippen LogP) is 1.00. The summed E-state index contributed by atoms with van der Waals surface area (Å²) in [7, 11) is 1.85. The van der Waals surface area contributed by atoms with Gasteiger partial charge in [0.15, 0.2) is 0 Å². The Morgan fingerprint density at radius 3 is 2.45 bits per heavy atom. The second kappa shape index (κ2) is 8.15. The van der Waals surface area contributed by atoms with E-state index in [1.54, 1.807) is 4.90 Å². The third kappa shape index (κ3) is 4.45. The second-order valence-electron chi connectivity index (χ2n) is 5.94. The van der Waals surface area contributed by atoms with E-state index < -0.39 is 0 Å². The molecule has 1 atom stereocenters. The van der Waals surface area contributed by atoms with Crippen molar-refractivity contribution in [3.8, 4) is 0 Å². The predicted molar refractivity (Wildman–Crippen MR) is 91.0 cm³/mol. The number of hydrogen-bond acceptors (Lipinski definition) is 4. The molecule has 0 spiro atoms. The van der Waals surface area contributed by atoms with Gasteiger partial charge in [0.05, 0.1) is 6.04 Å². The van der Waals surface area contributed by atoms with Gasteiger partial charge in [0.25, 0.3) is 0 Å². The summed E-state index contributed by atoms with van der Waals surface area (Å²) in [5.74, 6) is 0.0467. The fourth-order valence-corrected chi connectivity index (χ4v) is 2.73. The zero-order valence-corrected chi connectivity index (χ0v) is 13.7. The molecule has 22 heavy (non-hydrogen) atoms. The fourth-order valence-electron chi connectivity index (χ4n) is 2.73. The largest absolute Gasteiger partial charge is 0.369 e. The molecule has 1 aliphatic rings. The van der Waals surface area contributed by atoms with E-state index in [9.17, 15) is 4.79 Å². The maximum absolute atomic E-state index is 12.0. The van der Waals surface area contributed by atoms with E-state index in [0.717, 1.165) is 39.3 Å². The Morgan fingerprint density at radius 1 is 1.23 bits per heavy atom. The second-order valence-corrected chi connectivity index (χ2v) is 5.94. The Labute approximate surface area is 133 Å². The number of hydrogen-bond donors (Lipinski definition) is 1. The van der Waals surface area contributed by atoms with Gasteiger partial charge in [0.2, 0.25) is 5.91 Å². The van der Waals surface area contributed by atoms with Gasteiger partial charge in [0.1, 0.15) is 0 Å². The number of amides is 1. The van der Waals surface area contributed by atoms with Gasteiger partial charge in [-0.3, -0.25) is 9.69 Å². The van der Waals surface area contributed by atoms with E-state index in [-0.39, 0.29) is 11.9 Å². The molecule has 1 aliphatic heterocycles. The molecule has 122 valence electrons. The van der Waals surface area contributed by atoms with Gasteiger partial charge < -0.3 is 15.5 Å². The lowest BCUT2D eigenvalue weighted by Gasteiger charge is -2.36. The first kappa shape index (κ1) is 16.8. The highest BCUT2D eigenvalue weighted by Gasteiger charge is 2.19. The van der Waals surface area contributed by atoms with Crippen molar-refractivity contribution in [1.29, 1.82) is 0 Å². The summed E-state index contributed by atoms with van der Waals surface area (Å²) in [5.41, 5.74) is 7.09. The maximum Gasteiger partial charge on any atom is 0.239 e. The molecule has 1 amide bonds. The lowest BCUT2D eigenvalue weighted by molar-refractivity contribution is -0.131. The molecular formula is C17H28N4O. The maximum atomic E-state index is 12.0. The molecule has 2 N–H and O–H groups in total. The Kier molecular flexibility index (Phi) is 6.21. The molecule has 0 aromatic heterocycles. The quantitative estimate of drug-likeness (QED) is 0.852. The number of para-hydroxylation sites is 1. The molecule has 1 aromatic rings. The van der Waals surface area contributed by atoms with E-state index in [1.807, 2.05) is 20.0 Å². The van der Waals surface area contributed by atoms with Crippen molar-refractivity contribution in [2.75, 3.05) is 51.2 Å². The summed E-state index contributed by atoms with van der Waals surface area (Å²) in [5, 5.41) is 0. The smallest absolute Gasteiger partial charge is 0.239 e. The number of carbonyl (C=O) groups is 1. The van der Waals surface area contributed by atoms with Crippen molar-refractivity contribution in [3.63, 3.8) is 0 Å². The molecule has 1 fully saturated rings. The summed E-state index contributed by atoms with van der Waals surface area (Å²) in [6, 6.07) is 10.2. The van der Waals surface area contributed by atoms with Crippen LogP contribution in [0.5, 0.6) is 0 Å². The van der Waals surface area contributed by atoms with Crippen LogP contribution < -0.4 is 10.6 Å². The average molecular weight is 304 g/mol. The van der Waals surface area contributed by atoms with Crippen LogP contribution in [-0.2, 0) is 4.79 Å². The van der Waals surface area contributed by atoms with Gasteiger partial charge in [-0.2, -0.15) is 0 Å². The highest BCUT2D eigenvalue weighted by atomic mass is 16.2. The molecule has 5 heteroatoms. The third-order valence-electron chi connectivity index (χ3n) is 4.38. The van der Waals surface area contributed by atoms with E-state index >= 15 is 0 Å². The van der Waals surface area contributed by atoms with Gasteiger partial charge >= 0.3 is 0 Å². The van der Waals surface area contributed by atoms with Crippen molar-refractivity contribution < 1.29 is 4.79 Å². The van der Waals surface area contributed by atoms with Crippen LogP contribution in [0.15, 0.2) is 30.3 Å². The molecule has 1 aromatic carbocycles. The molecule has 1 saturated heterocycles. The zero-order valence-electron chi connectivity index (χ0n) is 13.7. The van der Waals surface area contributed by atoms with Crippen molar-refractivity contribution in [3.05, 3.63) is 30.3 Å². The Balaban J connectivity index is 1.73. The first-order valence-electron chi connectivity index (χ1n) is 8.14. The summed E-state index contributed by atoms with van der Waals surface area (Å²) < 4.78 is 0. The minimum Gasteiger partial charge on any atom is -0.369 e.